The Morgan fingerprint density at radius 3 is 1.00 bits per heavy atom. The molecule has 0 radical (unpaired) electrons. The first-order valence-corrected chi connectivity index (χ1v) is 22.9. The molecule has 1 aliphatic rings. The molecule has 0 bridgehead atoms. The quantitative estimate of drug-likeness (QED) is 0.158. The summed E-state index contributed by atoms with van der Waals surface area (Å²) < 4.78 is 12.8. The van der Waals surface area contributed by atoms with Gasteiger partial charge in [-0.2, -0.15) is 0 Å². The molecule has 0 spiro atoms. The van der Waals surface area contributed by atoms with E-state index < -0.39 is 11.2 Å². The molecule has 68 heavy (non-hydrogen) atoms. The smallest absolute Gasteiger partial charge is 0.141 e. The second-order valence-electron chi connectivity index (χ2n) is 17.5. The number of aliphatic hydroxyl groups is 2. The molecule has 0 amide bonds. The van der Waals surface area contributed by atoms with Crippen LogP contribution in [0.25, 0.3) is 43.9 Å². The van der Waals surface area contributed by atoms with Crippen LogP contribution in [0.4, 0.5) is 34.1 Å². The third-order valence-corrected chi connectivity index (χ3v) is 13.7. The van der Waals surface area contributed by atoms with Crippen molar-refractivity contribution in [2.45, 2.75) is 11.2 Å². The first-order valence-electron chi connectivity index (χ1n) is 22.9. The summed E-state index contributed by atoms with van der Waals surface area (Å²) in [6, 6.07) is 80.9. The molecule has 6 nitrogen and oxygen atoms in total. The second kappa shape index (κ2) is 15.5. The number of rotatable bonds is 8. The first kappa shape index (κ1) is 39.7. The summed E-state index contributed by atoms with van der Waals surface area (Å²) in [4.78, 5) is 4.35. The highest BCUT2D eigenvalue weighted by Gasteiger charge is 2.51. The van der Waals surface area contributed by atoms with Crippen LogP contribution in [0.1, 0.15) is 33.4 Å². The molecule has 12 aromatic rings. The Balaban J connectivity index is 1.04. The highest BCUT2D eigenvalue weighted by Crippen LogP contribution is 2.56. The van der Waals surface area contributed by atoms with Gasteiger partial charge in [0.1, 0.15) is 33.5 Å². The number of nitrogens with zero attached hydrogens (tertiary/aromatic N) is 2. The molecule has 10 aromatic carbocycles. The van der Waals surface area contributed by atoms with Gasteiger partial charge in [-0.25, -0.2) is 0 Å². The number of furan rings is 2. The van der Waals surface area contributed by atoms with Crippen molar-refractivity contribution < 1.29 is 19.0 Å². The number of hydrogen-bond donors (Lipinski definition) is 2. The molecule has 1 aliphatic carbocycles. The van der Waals surface area contributed by atoms with Gasteiger partial charge in [-0.15, -0.1) is 0 Å². The summed E-state index contributed by atoms with van der Waals surface area (Å²) in [6.45, 7) is 0. The Hall–Kier alpha value is -8.68. The topological polar surface area (TPSA) is 73.2 Å². The zero-order valence-electron chi connectivity index (χ0n) is 36.7. The van der Waals surface area contributed by atoms with Crippen LogP contribution >= 0.6 is 0 Å². The van der Waals surface area contributed by atoms with Crippen LogP contribution in [0, 0.1) is 0 Å². The monoisotopic (exact) mass is 878 g/mol. The maximum Gasteiger partial charge on any atom is 0.141 e. The zero-order chi connectivity index (χ0) is 45.4. The van der Waals surface area contributed by atoms with E-state index in [4.69, 9.17) is 8.83 Å². The molecular formula is C62H42N2O4. The molecule has 0 saturated carbocycles. The van der Waals surface area contributed by atoms with Crippen LogP contribution in [-0.2, 0) is 11.2 Å². The standard InChI is InChI=1S/C62H42N2O4/c65-61(41-17-5-1-6-18-41)53-35-31-46(64(44-23-11-4-12-24-44)48-30-34-52-50-26-14-16-28-58(50)68-60(52)40-48)38-56(53)62(66,42-19-7-2-8-20-42)54-36-32-45(37-55(54)61)63(43-21-9-3-10-22-43)47-29-33-51-49-25-13-15-27-57(49)67-59(51)39-47/h1-40,65-66H. The van der Waals surface area contributed by atoms with Gasteiger partial charge in [-0.3, -0.25) is 0 Å². The minimum atomic E-state index is -1.71. The molecule has 0 aliphatic heterocycles. The second-order valence-corrected chi connectivity index (χ2v) is 17.5. The van der Waals surface area contributed by atoms with E-state index in [1.54, 1.807) is 0 Å². The van der Waals surface area contributed by atoms with Crippen molar-refractivity contribution in [2.24, 2.45) is 0 Å². The maximum atomic E-state index is 14.0. The summed E-state index contributed by atoms with van der Waals surface area (Å²) in [5, 5.41) is 32.1. The fraction of sp³-hybridized carbons (Fsp3) is 0.0323. The van der Waals surface area contributed by atoms with Crippen molar-refractivity contribution in [3.8, 4) is 0 Å². The summed E-state index contributed by atoms with van der Waals surface area (Å²) in [6.07, 6.45) is 0. The van der Waals surface area contributed by atoms with Gasteiger partial charge in [0.05, 0.1) is 0 Å². The Labute approximate surface area is 392 Å². The lowest BCUT2D eigenvalue weighted by atomic mass is 9.63. The van der Waals surface area contributed by atoms with Crippen LogP contribution in [-0.4, -0.2) is 10.2 Å². The Kier molecular flexibility index (Phi) is 9.02. The highest BCUT2D eigenvalue weighted by molar-refractivity contribution is 6.07. The van der Waals surface area contributed by atoms with E-state index >= 15 is 0 Å². The van der Waals surface area contributed by atoms with Crippen molar-refractivity contribution >= 4 is 78.0 Å². The number of hydrogen-bond acceptors (Lipinski definition) is 6. The van der Waals surface area contributed by atoms with Gasteiger partial charge in [0.15, 0.2) is 0 Å². The van der Waals surface area contributed by atoms with E-state index in [1.165, 1.54) is 0 Å². The van der Waals surface area contributed by atoms with Crippen LogP contribution < -0.4 is 9.80 Å². The molecule has 2 N–H and O–H groups in total. The molecule has 0 saturated heterocycles. The van der Waals surface area contributed by atoms with Gasteiger partial charge in [-0.05, 0) is 107 Å². The van der Waals surface area contributed by atoms with Crippen LogP contribution in [0.5, 0.6) is 0 Å². The number of para-hydroxylation sites is 4. The highest BCUT2D eigenvalue weighted by atomic mass is 16.3. The fourth-order valence-electron chi connectivity index (χ4n) is 10.6. The van der Waals surface area contributed by atoms with Gasteiger partial charge in [0, 0.05) is 78.9 Å². The minimum absolute atomic E-state index is 0.564. The average molecular weight is 879 g/mol. The zero-order valence-corrected chi connectivity index (χ0v) is 36.7. The number of benzene rings is 10. The van der Waals surface area contributed by atoms with E-state index in [0.717, 1.165) is 78.0 Å². The van der Waals surface area contributed by atoms with E-state index in [0.29, 0.717) is 33.4 Å². The lowest BCUT2D eigenvalue weighted by Crippen LogP contribution is -2.44. The summed E-state index contributed by atoms with van der Waals surface area (Å²) >= 11 is 0. The van der Waals surface area contributed by atoms with E-state index in [2.05, 4.69) is 82.6 Å². The first-order chi connectivity index (χ1) is 33.5. The van der Waals surface area contributed by atoms with Gasteiger partial charge in [-0.1, -0.05) is 146 Å². The maximum absolute atomic E-state index is 14.0. The third-order valence-electron chi connectivity index (χ3n) is 13.7. The van der Waals surface area contributed by atoms with Crippen LogP contribution in [0.2, 0.25) is 0 Å². The molecule has 2 heterocycles. The largest absolute Gasteiger partial charge is 0.456 e. The van der Waals surface area contributed by atoms with Crippen molar-refractivity contribution in [2.75, 3.05) is 9.80 Å². The molecule has 6 heteroatoms. The summed E-state index contributed by atoms with van der Waals surface area (Å²) in [5.41, 5.74) is 8.59. The minimum Gasteiger partial charge on any atom is -0.456 e. The Bertz CT molecular complexity index is 3600. The van der Waals surface area contributed by atoms with Crippen molar-refractivity contribution in [1.29, 1.82) is 0 Å². The van der Waals surface area contributed by atoms with E-state index in [1.807, 2.05) is 170 Å². The van der Waals surface area contributed by atoms with Gasteiger partial charge < -0.3 is 28.8 Å². The van der Waals surface area contributed by atoms with Gasteiger partial charge in [0.25, 0.3) is 0 Å². The number of anilines is 6. The van der Waals surface area contributed by atoms with Crippen molar-refractivity contribution in [3.63, 3.8) is 0 Å². The lowest BCUT2D eigenvalue weighted by Gasteiger charge is -2.46. The normalized spacial score (nSPS) is 16.5. The Morgan fingerprint density at radius 1 is 0.265 bits per heavy atom. The molecule has 2 atom stereocenters. The predicted octanol–water partition coefficient (Wildman–Crippen LogP) is 15.3. The SMILES string of the molecule is OC1(c2ccccc2)c2ccc(N(c3ccccc3)c3ccc4c(c3)oc3ccccc34)cc2C(O)(c2ccccc2)c2ccc(N(c3ccccc3)c3ccc4c(c3)oc3ccccc34)cc21. The Morgan fingerprint density at radius 2 is 0.588 bits per heavy atom. The molecule has 2 aromatic heterocycles. The summed E-state index contributed by atoms with van der Waals surface area (Å²) in [7, 11) is 0. The molecular weight excluding hydrogens is 837 g/mol. The third kappa shape index (κ3) is 6.05. The average Bonchev–Trinajstić information content (AvgIpc) is 3.97. The van der Waals surface area contributed by atoms with Crippen LogP contribution in [0.3, 0.4) is 0 Å². The van der Waals surface area contributed by atoms with Crippen molar-refractivity contribution in [1.82, 2.24) is 0 Å². The van der Waals surface area contributed by atoms with E-state index in [-0.39, 0.29) is 0 Å². The van der Waals surface area contributed by atoms with Crippen LogP contribution in [0.15, 0.2) is 251 Å². The van der Waals surface area contributed by atoms with Gasteiger partial charge in [0.2, 0.25) is 0 Å². The van der Waals surface area contributed by atoms with Crippen molar-refractivity contribution in [3.05, 3.63) is 276 Å². The molecule has 324 valence electrons. The van der Waals surface area contributed by atoms with E-state index in [9.17, 15) is 10.2 Å². The number of fused-ring (bicyclic) bond motifs is 8. The van der Waals surface area contributed by atoms with Gasteiger partial charge >= 0.3 is 0 Å². The molecule has 0 fully saturated rings. The molecule has 13 rings (SSSR count). The molecule has 2 unspecified atom stereocenters. The fourth-order valence-corrected chi connectivity index (χ4v) is 10.6. The predicted molar refractivity (Wildman–Crippen MR) is 274 cm³/mol. The summed E-state index contributed by atoms with van der Waals surface area (Å²) in [5.74, 6) is 0. The lowest BCUT2D eigenvalue weighted by molar-refractivity contribution is 0.0749.